The first-order valence-corrected chi connectivity index (χ1v) is 20.7. The van der Waals surface area contributed by atoms with Gasteiger partial charge in [-0.05, 0) is 135 Å². The largest absolute Gasteiger partial charge is 0.311 e. The summed E-state index contributed by atoms with van der Waals surface area (Å²) in [6.07, 6.45) is 10.2. The zero-order valence-electron chi connectivity index (χ0n) is 31.1. The second-order valence-electron chi connectivity index (χ2n) is 17.1. The van der Waals surface area contributed by atoms with Gasteiger partial charge in [0.1, 0.15) is 0 Å². The molecule has 2 heterocycles. The number of para-hydroxylation sites is 2. The second kappa shape index (κ2) is 10.9. The third kappa shape index (κ3) is 3.82. The molecule has 13 rings (SSSR count). The average molecular weight is 705 g/mol. The van der Waals surface area contributed by atoms with E-state index in [-0.39, 0.29) is 17.5 Å². The summed E-state index contributed by atoms with van der Waals surface area (Å²) in [7, 11) is 0. The van der Waals surface area contributed by atoms with Crippen molar-refractivity contribution in [3.63, 3.8) is 0 Å². The fourth-order valence-corrected chi connectivity index (χ4v) is 12.6. The Morgan fingerprint density at radius 3 is 1.62 bits per heavy atom. The van der Waals surface area contributed by atoms with Gasteiger partial charge in [-0.3, -0.25) is 0 Å². The molecule has 0 bridgehead atoms. The van der Waals surface area contributed by atoms with Gasteiger partial charge in [0.05, 0.1) is 0 Å². The van der Waals surface area contributed by atoms with Crippen LogP contribution in [-0.2, 0) is 10.8 Å². The van der Waals surface area contributed by atoms with Crippen molar-refractivity contribution < 1.29 is 0 Å². The summed E-state index contributed by atoms with van der Waals surface area (Å²) in [5.41, 5.74) is 24.0. The van der Waals surface area contributed by atoms with Crippen molar-refractivity contribution in [2.45, 2.75) is 62.2 Å². The fraction of sp³-hybridized carbons (Fsp3) is 0.192. The molecule has 0 N–H and O–H groups in total. The molecule has 2 fully saturated rings. The molecule has 7 aromatic rings. The van der Waals surface area contributed by atoms with Crippen molar-refractivity contribution in [1.29, 1.82) is 0 Å². The maximum Gasteiger partial charge on any atom is 0.252 e. The van der Waals surface area contributed by atoms with E-state index in [0.717, 1.165) is 0 Å². The van der Waals surface area contributed by atoms with Gasteiger partial charge in [0.15, 0.2) is 0 Å². The highest BCUT2D eigenvalue weighted by Crippen LogP contribution is 2.59. The Labute approximate surface area is 324 Å². The van der Waals surface area contributed by atoms with E-state index in [1.807, 2.05) is 0 Å². The van der Waals surface area contributed by atoms with Gasteiger partial charge < -0.3 is 9.80 Å². The van der Waals surface area contributed by atoms with Crippen LogP contribution in [0.5, 0.6) is 0 Å². The number of anilines is 6. The molecular formula is C52H41BN2. The van der Waals surface area contributed by atoms with Crippen LogP contribution in [-0.4, -0.2) is 6.71 Å². The Balaban J connectivity index is 1.07. The lowest BCUT2D eigenvalue weighted by Crippen LogP contribution is -2.61. The number of hydrogen-bond donors (Lipinski definition) is 0. The minimum atomic E-state index is 0.107. The minimum Gasteiger partial charge on any atom is -0.311 e. The van der Waals surface area contributed by atoms with Crippen LogP contribution in [0, 0.1) is 0 Å². The maximum atomic E-state index is 2.68. The van der Waals surface area contributed by atoms with Crippen molar-refractivity contribution in [3.8, 4) is 22.3 Å². The third-order valence-corrected chi connectivity index (χ3v) is 14.7. The van der Waals surface area contributed by atoms with Crippen molar-refractivity contribution >= 4 is 57.2 Å². The van der Waals surface area contributed by atoms with Crippen LogP contribution in [0.4, 0.5) is 34.1 Å². The van der Waals surface area contributed by atoms with Crippen molar-refractivity contribution in [2.24, 2.45) is 0 Å². The van der Waals surface area contributed by atoms with Crippen molar-refractivity contribution in [2.75, 3.05) is 9.80 Å². The molecule has 2 nitrogen and oxygen atoms in total. The quantitative estimate of drug-likeness (QED) is 0.165. The highest BCUT2D eigenvalue weighted by Gasteiger charge is 2.50. The average Bonchev–Trinajstić information content (AvgIpc) is 4.05. The lowest BCUT2D eigenvalue weighted by Gasteiger charge is -2.44. The molecule has 6 aliphatic rings. The first kappa shape index (κ1) is 30.5. The highest BCUT2D eigenvalue weighted by atomic mass is 15.2. The first-order chi connectivity index (χ1) is 27.3. The van der Waals surface area contributed by atoms with E-state index >= 15 is 0 Å². The molecule has 0 saturated heterocycles. The molecule has 2 spiro atoms. The van der Waals surface area contributed by atoms with Crippen LogP contribution in [0.1, 0.15) is 73.6 Å². The van der Waals surface area contributed by atoms with E-state index in [0.29, 0.717) is 0 Å². The van der Waals surface area contributed by atoms with Gasteiger partial charge in [0.25, 0.3) is 6.71 Å². The summed E-state index contributed by atoms with van der Waals surface area (Å²) in [6, 6.07) is 58.7. The Kier molecular flexibility index (Phi) is 6.06. The normalized spacial score (nSPS) is 18.1. The van der Waals surface area contributed by atoms with Crippen LogP contribution in [0.2, 0.25) is 0 Å². The molecule has 0 aromatic heterocycles. The van der Waals surface area contributed by atoms with Gasteiger partial charge in [-0.25, -0.2) is 0 Å². The van der Waals surface area contributed by atoms with Crippen LogP contribution >= 0.6 is 0 Å². The number of benzene rings is 7. The maximum absolute atomic E-state index is 2.68. The van der Waals surface area contributed by atoms with E-state index in [2.05, 4.69) is 161 Å². The van der Waals surface area contributed by atoms with Crippen LogP contribution < -0.4 is 26.2 Å². The van der Waals surface area contributed by atoms with Crippen molar-refractivity contribution in [3.05, 3.63) is 174 Å². The summed E-state index contributed by atoms with van der Waals surface area (Å²) < 4.78 is 0. The Morgan fingerprint density at radius 1 is 0.364 bits per heavy atom. The second-order valence-corrected chi connectivity index (χ2v) is 17.1. The number of hydrogen-bond acceptors (Lipinski definition) is 2. The lowest BCUT2D eigenvalue weighted by molar-refractivity contribution is 0.550. The van der Waals surface area contributed by atoms with E-state index < -0.39 is 0 Å². The standard InChI is InChI=1S/C52H41BN2/c1-2-15-34(16-3-1)54-47-23-14-24-48-50(47)53(45-33-43-39(32-49(45)54)37-18-5-7-20-41(37)52(43)29-12-13-30-52)44-21-8-9-22-46(44)55(48)35-25-26-42-38(31-35)36-17-4-6-19-40(36)51(42)27-10-11-28-51/h1-9,14-26,31-33H,10-13,27-30H2. The molecule has 2 aliphatic heterocycles. The molecule has 0 amide bonds. The molecular weight excluding hydrogens is 663 g/mol. The van der Waals surface area contributed by atoms with Crippen molar-refractivity contribution in [1.82, 2.24) is 0 Å². The summed E-state index contributed by atoms with van der Waals surface area (Å²) in [6.45, 7) is 0.123. The monoisotopic (exact) mass is 704 g/mol. The lowest BCUT2D eigenvalue weighted by atomic mass is 9.33. The predicted molar refractivity (Wildman–Crippen MR) is 230 cm³/mol. The van der Waals surface area contributed by atoms with Crippen LogP contribution in [0.25, 0.3) is 22.3 Å². The molecule has 7 aromatic carbocycles. The predicted octanol–water partition coefficient (Wildman–Crippen LogP) is 11.5. The summed E-state index contributed by atoms with van der Waals surface area (Å²) in [5, 5.41) is 0. The van der Waals surface area contributed by atoms with Crippen LogP contribution in [0.3, 0.4) is 0 Å². The molecule has 0 atom stereocenters. The third-order valence-electron chi connectivity index (χ3n) is 14.7. The topological polar surface area (TPSA) is 6.48 Å². The van der Waals surface area contributed by atoms with E-state index in [1.54, 1.807) is 16.7 Å². The number of fused-ring (bicyclic) bond motifs is 14. The molecule has 4 aliphatic carbocycles. The number of nitrogens with zero attached hydrogens (tertiary/aromatic N) is 2. The molecule has 55 heavy (non-hydrogen) atoms. The fourth-order valence-electron chi connectivity index (χ4n) is 12.6. The summed E-state index contributed by atoms with van der Waals surface area (Å²) in [5.74, 6) is 0. The molecule has 2 saturated carbocycles. The Hall–Kier alpha value is -5.80. The Morgan fingerprint density at radius 2 is 0.909 bits per heavy atom. The summed E-state index contributed by atoms with van der Waals surface area (Å²) >= 11 is 0. The highest BCUT2D eigenvalue weighted by molar-refractivity contribution is 7.00. The van der Waals surface area contributed by atoms with E-state index in [1.165, 1.54) is 130 Å². The van der Waals surface area contributed by atoms with Crippen LogP contribution in [0.15, 0.2) is 152 Å². The van der Waals surface area contributed by atoms with Gasteiger partial charge in [-0.1, -0.05) is 129 Å². The SMILES string of the molecule is c1ccc(N2c3cc4c(cc3B3c5ccccc5N(c5ccc6c(c5)-c5ccccc5C65CCCC5)c5cccc2c53)C2(CCCC2)c2ccccc2-4)cc1. The Bertz CT molecular complexity index is 2750. The van der Waals surface area contributed by atoms with E-state index in [4.69, 9.17) is 0 Å². The first-order valence-electron chi connectivity index (χ1n) is 20.7. The molecule has 3 heteroatoms. The molecule has 262 valence electrons. The molecule has 0 unspecified atom stereocenters. The zero-order valence-corrected chi connectivity index (χ0v) is 31.1. The smallest absolute Gasteiger partial charge is 0.252 e. The van der Waals surface area contributed by atoms with Gasteiger partial charge in [0, 0.05) is 45.0 Å². The van der Waals surface area contributed by atoms with E-state index in [9.17, 15) is 0 Å². The summed E-state index contributed by atoms with van der Waals surface area (Å²) in [4.78, 5) is 5.16. The van der Waals surface area contributed by atoms with Gasteiger partial charge in [-0.15, -0.1) is 0 Å². The van der Waals surface area contributed by atoms with Gasteiger partial charge in [0.2, 0.25) is 0 Å². The van der Waals surface area contributed by atoms with Gasteiger partial charge >= 0.3 is 0 Å². The zero-order chi connectivity index (χ0) is 35.9. The number of rotatable bonds is 2. The van der Waals surface area contributed by atoms with Gasteiger partial charge in [-0.2, -0.15) is 0 Å². The molecule has 0 radical (unpaired) electrons. The minimum absolute atomic E-state index is 0.107.